The number of nitrogens with zero attached hydrogens (tertiary/aromatic N) is 1. The van der Waals surface area contributed by atoms with Crippen LogP contribution >= 0.6 is 0 Å². The lowest BCUT2D eigenvalue weighted by Crippen LogP contribution is -2.51. The molecule has 5 nitrogen and oxygen atoms in total. The molecule has 0 aromatic carbocycles. The third-order valence-corrected chi connectivity index (χ3v) is 5.41. The molecular formula is C17H28N2O3. The molecule has 1 saturated carbocycles. The number of aliphatic carboxylic acids is 1. The Morgan fingerprint density at radius 3 is 2.55 bits per heavy atom. The normalized spacial score (nSPS) is 32.5. The van der Waals surface area contributed by atoms with Crippen LogP contribution in [0.15, 0.2) is 12.7 Å². The molecule has 0 bridgehead atoms. The van der Waals surface area contributed by atoms with Crippen LogP contribution in [0.4, 0.5) is 0 Å². The number of carboxylic acid groups (broad SMARTS) is 1. The van der Waals surface area contributed by atoms with Gasteiger partial charge in [-0.2, -0.15) is 0 Å². The summed E-state index contributed by atoms with van der Waals surface area (Å²) in [4.78, 5) is 26.2. The summed E-state index contributed by atoms with van der Waals surface area (Å²) >= 11 is 0. The highest BCUT2D eigenvalue weighted by Gasteiger charge is 2.43. The van der Waals surface area contributed by atoms with Gasteiger partial charge < -0.3 is 15.7 Å². The van der Waals surface area contributed by atoms with Gasteiger partial charge in [-0.3, -0.25) is 9.59 Å². The zero-order valence-corrected chi connectivity index (χ0v) is 13.3. The molecule has 0 aromatic heterocycles. The third-order valence-electron chi connectivity index (χ3n) is 5.41. The quantitative estimate of drug-likeness (QED) is 0.761. The molecule has 1 amide bonds. The predicted molar refractivity (Wildman–Crippen MR) is 85.2 cm³/mol. The fourth-order valence-corrected chi connectivity index (χ4v) is 3.93. The van der Waals surface area contributed by atoms with Gasteiger partial charge in [0.25, 0.3) is 0 Å². The van der Waals surface area contributed by atoms with Gasteiger partial charge in [0.05, 0.1) is 5.41 Å². The minimum Gasteiger partial charge on any atom is -0.481 e. The van der Waals surface area contributed by atoms with E-state index in [1.807, 2.05) is 0 Å². The van der Waals surface area contributed by atoms with Crippen LogP contribution in [0.1, 0.15) is 44.9 Å². The van der Waals surface area contributed by atoms with Gasteiger partial charge in [-0.1, -0.05) is 6.08 Å². The predicted octanol–water partition coefficient (Wildman–Crippen LogP) is 2.02. The lowest BCUT2D eigenvalue weighted by Gasteiger charge is -2.41. The zero-order chi connectivity index (χ0) is 16.2. The SMILES string of the molecule is C=CC[C@]1(C(=O)O)CCCN(C(=O)C2CCC(CN)CC2)C1. The Morgan fingerprint density at radius 2 is 2.00 bits per heavy atom. The standard InChI is InChI=1S/C17H28N2O3/c1-2-8-17(16(21)22)9-3-10-19(12-17)15(20)14-6-4-13(11-18)5-7-14/h2,13-14H,1,3-12,18H2,(H,21,22)/t13?,14?,17-/m0/s1. The maximum Gasteiger partial charge on any atom is 0.311 e. The van der Waals surface area contributed by atoms with Crippen LogP contribution < -0.4 is 5.73 Å². The zero-order valence-electron chi connectivity index (χ0n) is 13.3. The second kappa shape index (κ2) is 7.27. The Morgan fingerprint density at radius 1 is 1.32 bits per heavy atom. The first-order valence-electron chi connectivity index (χ1n) is 8.35. The molecule has 0 aromatic rings. The third kappa shape index (κ3) is 3.51. The van der Waals surface area contributed by atoms with Gasteiger partial charge in [0.15, 0.2) is 0 Å². The van der Waals surface area contributed by atoms with E-state index in [0.29, 0.717) is 38.4 Å². The summed E-state index contributed by atoms with van der Waals surface area (Å²) in [5.74, 6) is -0.0676. The smallest absolute Gasteiger partial charge is 0.311 e. The van der Waals surface area contributed by atoms with E-state index in [1.54, 1.807) is 11.0 Å². The van der Waals surface area contributed by atoms with Gasteiger partial charge in [0, 0.05) is 19.0 Å². The molecule has 124 valence electrons. The summed E-state index contributed by atoms with van der Waals surface area (Å²) in [6.45, 7) is 5.39. The van der Waals surface area contributed by atoms with Crippen molar-refractivity contribution < 1.29 is 14.7 Å². The molecule has 1 atom stereocenters. The van der Waals surface area contributed by atoms with E-state index in [9.17, 15) is 14.7 Å². The first-order chi connectivity index (χ1) is 10.5. The fourth-order valence-electron chi connectivity index (χ4n) is 3.93. The van der Waals surface area contributed by atoms with Crippen molar-refractivity contribution in [3.8, 4) is 0 Å². The summed E-state index contributed by atoms with van der Waals surface area (Å²) < 4.78 is 0. The first-order valence-corrected chi connectivity index (χ1v) is 8.35. The van der Waals surface area contributed by atoms with E-state index in [-0.39, 0.29) is 11.8 Å². The largest absolute Gasteiger partial charge is 0.481 e. The number of nitrogens with two attached hydrogens (primary N) is 1. The molecule has 1 aliphatic heterocycles. The second-order valence-electron chi connectivity index (χ2n) is 6.89. The molecule has 1 aliphatic carbocycles. The molecule has 1 heterocycles. The number of likely N-dealkylation sites (tertiary alicyclic amines) is 1. The molecule has 0 unspecified atom stereocenters. The van der Waals surface area contributed by atoms with Crippen molar-refractivity contribution in [2.75, 3.05) is 19.6 Å². The van der Waals surface area contributed by atoms with Gasteiger partial charge in [0.2, 0.25) is 5.91 Å². The molecule has 2 rings (SSSR count). The van der Waals surface area contributed by atoms with E-state index >= 15 is 0 Å². The van der Waals surface area contributed by atoms with Gasteiger partial charge in [-0.05, 0) is 57.4 Å². The number of carbonyl (C=O) groups excluding carboxylic acids is 1. The highest BCUT2D eigenvalue weighted by Crippen LogP contribution is 2.36. The van der Waals surface area contributed by atoms with Crippen LogP contribution in [0.25, 0.3) is 0 Å². The molecule has 1 saturated heterocycles. The number of amides is 1. The van der Waals surface area contributed by atoms with E-state index in [0.717, 1.165) is 32.1 Å². The minimum atomic E-state index is -0.843. The summed E-state index contributed by atoms with van der Waals surface area (Å²) in [6, 6.07) is 0. The summed E-state index contributed by atoms with van der Waals surface area (Å²) in [6.07, 6.45) is 7.26. The summed E-state index contributed by atoms with van der Waals surface area (Å²) in [7, 11) is 0. The Kier molecular flexibility index (Phi) is 5.62. The lowest BCUT2D eigenvalue weighted by atomic mass is 9.76. The topological polar surface area (TPSA) is 83.6 Å². The van der Waals surface area contributed by atoms with Crippen LogP contribution in [0.5, 0.6) is 0 Å². The number of allylic oxidation sites excluding steroid dienone is 1. The van der Waals surface area contributed by atoms with Gasteiger partial charge in [-0.25, -0.2) is 0 Å². The maximum absolute atomic E-state index is 12.7. The van der Waals surface area contributed by atoms with Crippen molar-refractivity contribution in [3.63, 3.8) is 0 Å². The molecule has 3 N–H and O–H groups in total. The first kappa shape index (κ1) is 17.0. The van der Waals surface area contributed by atoms with Crippen molar-refractivity contribution in [3.05, 3.63) is 12.7 Å². The molecule has 5 heteroatoms. The van der Waals surface area contributed by atoms with Crippen molar-refractivity contribution in [2.24, 2.45) is 23.0 Å². The van der Waals surface area contributed by atoms with Crippen LogP contribution in [-0.4, -0.2) is 41.5 Å². The number of carboxylic acids is 1. The van der Waals surface area contributed by atoms with Crippen molar-refractivity contribution >= 4 is 11.9 Å². The minimum absolute atomic E-state index is 0.0520. The second-order valence-corrected chi connectivity index (χ2v) is 6.89. The highest BCUT2D eigenvalue weighted by atomic mass is 16.4. The number of rotatable bonds is 5. The van der Waals surface area contributed by atoms with Gasteiger partial charge in [0.1, 0.15) is 0 Å². The monoisotopic (exact) mass is 308 g/mol. The number of carbonyl (C=O) groups is 2. The highest BCUT2D eigenvalue weighted by molar-refractivity contribution is 5.81. The van der Waals surface area contributed by atoms with Gasteiger partial charge in [-0.15, -0.1) is 6.58 Å². The van der Waals surface area contributed by atoms with E-state index in [4.69, 9.17) is 5.73 Å². The number of piperidine rings is 1. The molecule has 2 aliphatic rings. The summed E-state index contributed by atoms with van der Waals surface area (Å²) in [5.41, 5.74) is 4.86. The Labute approximate surface area is 132 Å². The van der Waals surface area contributed by atoms with E-state index in [2.05, 4.69) is 6.58 Å². The molecule has 22 heavy (non-hydrogen) atoms. The average Bonchev–Trinajstić information content (AvgIpc) is 2.54. The molecule has 2 fully saturated rings. The van der Waals surface area contributed by atoms with E-state index in [1.165, 1.54) is 0 Å². The average molecular weight is 308 g/mol. The van der Waals surface area contributed by atoms with E-state index < -0.39 is 11.4 Å². The van der Waals surface area contributed by atoms with Crippen LogP contribution in [-0.2, 0) is 9.59 Å². The summed E-state index contributed by atoms with van der Waals surface area (Å²) in [5, 5.41) is 9.60. The number of hydrogen-bond acceptors (Lipinski definition) is 3. The Balaban J connectivity index is 2.01. The Bertz CT molecular complexity index is 430. The van der Waals surface area contributed by atoms with Gasteiger partial charge >= 0.3 is 5.97 Å². The van der Waals surface area contributed by atoms with Crippen LogP contribution in [0, 0.1) is 17.3 Å². The van der Waals surface area contributed by atoms with Crippen molar-refractivity contribution in [1.82, 2.24) is 4.90 Å². The maximum atomic E-state index is 12.7. The fraction of sp³-hybridized carbons (Fsp3) is 0.765. The molecular weight excluding hydrogens is 280 g/mol. The molecule has 0 spiro atoms. The number of hydrogen-bond donors (Lipinski definition) is 2. The van der Waals surface area contributed by atoms with Crippen LogP contribution in [0.2, 0.25) is 0 Å². The Hall–Kier alpha value is -1.36. The van der Waals surface area contributed by atoms with Crippen LogP contribution in [0.3, 0.4) is 0 Å². The van der Waals surface area contributed by atoms with Crippen molar-refractivity contribution in [1.29, 1.82) is 0 Å². The molecule has 0 radical (unpaired) electrons. The van der Waals surface area contributed by atoms with Crippen molar-refractivity contribution in [2.45, 2.75) is 44.9 Å². The lowest BCUT2D eigenvalue weighted by molar-refractivity contribution is -0.156.